The number of benzene rings is 2. The van der Waals surface area contributed by atoms with E-state index in [1.165, 1.54) is 30.0 Å². The molecule has 4 rings (SSSR count). The van der Waals surface area contributed by atoms with E-state index < -0.39 is 12.1 Å². The van der Waals surface area contributed by atoms with Crippen LogP contribution in [0.3, 0.4) is 0 Å². The first-order chi connectivity index (χ1) is 20.0. The molecular weight excluding hydrogens is 551 g/mol. The fourth-order valence-corrected chi connectivity index (χ4v) is 4.43. The van der Waals surface area contributed by atoms with E-state index in [2.05, 4.69) is 25.3 Å². The minimum Gasteiger partial charge on any atom is -0.471 e. The predicted octanol–water partition coefficient (Wildman–Crippen LogP) is 5.96. The number of aromatic nitrogens is 4. The number of rotatable bonds is 11. The number of nitrogens with zero attached hydrogens (tertiary/aromatic N) is 4. The SMILES string of the molecule is COC(=O)c1ccc(CNCc2ccc(OCc3c(C(C)C)nnn3-c3ccccc3OC(F)(F)F)nc2C)cc1C. The van der Waals surface area contributed by atoms with Crippen LogP contribution in [0, 0.1) is 13.8 Å². The molecule has 42 heavy (non-hydrogen) atoms. The van der Waals surface area contributed by atoms with Gasteiger partial charge in [-0.15, -0.1) is 18.3 Å². The average Bonchev–Trinajstić information content (AvgIpc) is 3.36. The van der Waals surface area contributed by atoms with Gasteiger partial charge in [0.2, 0.25) is 5.88 Å². The van der Waals surface area contributed by atoms with E-state index in [4.69, 9.17) is 9.47 Å². The van der Waals surface area contributed by atoms with Crippen molar-refractivity contribution in [2.24, 2.45) is 0 Å². The molecule has 222 valence electrons. The van der Waals surface area contributed by atoms with E-state index >= 15 is 0 Å². The number of pyridine rings is 1. The molecule has 0 aliphatic heterocycles. The molecule has 0 aliphatic carbocycles. The fraction of sp³-hybridized carbons (Fsp3) is 0.333. The van der Waals surface area contributed by atoms with Crippen LogP contribution in [0.1, 0.15) is 63.9 Å². The molecule has 0 saturated heterocycles. The highest BCUT2D eigenvalue weighted by Crippen LogP contribution is 2.31. The number of nitrogens with one attached hydrogen (secondary N) is 1. The lowest BCUT2D eigenvalue weighted by molar-refractivity contribution is -0.274. The third kappa shape index (κ3) is 7.43. The molecule has 12 heteroatoms. The summed E-state index contributed by atoms with van der Waals surface area (Å²) in [5, 5.41) is 11.7. The van der Waals surface area contributed by atoms with E-state index in [9.17, 15) is 18.0 Å². The van der Waals surface area contributed by atoms with Crippen LogP contribution in [0.5, 0.6) is 11.6 Å². The smallest absolute Gasteiger partial charge is 0.471 e. The van der Waals surface area contributed by atoms with Crippen molar-refractivity contribution in [3.05, 3.63) is 93.9 Å². The van der Waals surface area contributed by atoms with Gasteiger partial charge in [0, 0.05) is 24.8 Å². The van der Waals surface area contributed by atoms with Gasteiger partial charge in [-0.05, 0) is 54.7 Å². The van der Waals surface area contributed by atoms with Crippen LogP contribution in [0.25, 0.3) is 5.69 Å². The van der Waals surface area contributed by atoms with E-state index in [0.29, 0.717) is 35.9 Å². The Hall–Kier alpha value is -4.45. The quantitative estimate of drug-likeness (QED) is 0.216. The normalized spacial score (nSPS) is 11.5. The number of hydrogen-bond donors (Lipinski definition) is 1. The van der Waals surface area contributed by atoms with Gasteiger partial charge in [-0.25, -0.2) is 14.5 Å². The lowest BCUT2D eigenvalue weighted by Gasteiger charge is -2.15. The van der Waals surface area contributed by atoms with Gasteiger partial charge in [-0.2, -0.15) is 0 Å². The molecule has 0 atom stereocenters. The number of carbonyl (C=O) groups is 1. The Morgan fingerprint density at radius 2 is 1.81 bits per heavy atom. The van der Waals surface area contributed by atoms with Gasteiger partial charge in [0.05, 0.1) is 18.4 Å². The van der Waals surface area contributed by atoms with E-state index in [0.717, 1.165) is 22.4 Å². The Morgan fingerprint density at radius 1 is 1.05 bits per heavy atom. The zero-order valence-corrected chi connectivity index (χ0v) is 24.0. The van der Waals surface area contributed by atoms with Gasteiger partial charge >= 0.3 is 12.3 Å². The Bertz CT molecular complexity index is 1550. The molecule has 2 aromatic heterocycles. The molecule has 0 saturated carbocycles. The summed E-state index contributed by atoms with van der Waals surface area (Å²) in [5.41, 5.74) is 5.30. The molecule has 0 unspecified atom stereocenters. The first-order valence-electron chi connectivity index (χ1n) is 13.2. The fourth-order valence-electron chi connectivity index (χ4n) is 4.43. The van der Waals surface area contributed by atoms with Crippen molar-refractivity contribution in [2.75, 3.05) is 7.11 Å². The summed E-state index contributed by atoms with van der Waals surface area (Å²) in [4.78, 5) is 16.4. The van der Waals surface area contributed by atoms with Crippen molar-refractivity contribution in [3.8, 4) is 17.3 Å². The van der Waals surface area contributed by atoms with Crippen molar-refractivity contribution < 1.29 is 32.2 Å². The molecule has 0 amide bonds. The number of ether oxygens (including phenoxy) is 3. The summed E-state index contributed by atoms with van der Waals surface area (Å²) in [6, 6.07) is 15.0. The van der Waals surface area contributed by atoms with E-state index in [1.54, 1.807) is 18.2 Å². The number of hydrogen-bond acceptors (Lipinski definition) is 8. The maximum Gasteiger partial charge on any atom is 0.573 e. The maximum absolute atomic E-state index is 13.0. The van der Waals surface area contributed by atoms with Gasteiger partial charge in [0.1, 0.15) is 18.0 Å². The maximum atomic E-state index is 13.0. The summed E-state index contributed by atoms with van der Waals surface area (Å²) >= 11 is 0. The lowest BCUT2D eigenvalue weighted by Crippen LogP contribution is -2.19. The van der Waals surface area contributed by atoms with Gasteiger partial charge in [-0.3, -0.25) is 0 Å². The largest absolute Gasteiger partial charge is 0.573 e. The first kappa shape index (κ1) is 30.5. The Balaban J connectivity index is 1.44. The second-order valence-corrected chi connectivity index (χ2v) is 9.93. The number of aryl methyl sites for hydroxylation is 2. The first-order valence-corrected chi connectivity index (χ1v) is 13.2. The van der Waals surface area contributed by atoms with Crippen molar-refractivity contribution in [1.29, 1.82) is 0 Å². The summed E-state index contributed by atoms with van der Waals surface area (Å²) in [5.74, 6) is -0.464. The van der Waals surface area contributed by atoms with Crippen molar-refractivity contribution in [2.45, 2.75) is 59.7 Å². The van der Waals surface area contributed by atoms with Crippen molar-refractivity contribution >= 4 is 5.97 Å². The van der Waals surface area contributed by atoms with E-state index in [1.807, 2.05) is 45.9 Å². The van der Waals surface area contributed by atoms with Crippen molar-refractivity contribution in [3.63, 3.8) is 0 Å². The Labute approximate surface area is 241 Å². The second-order valence-electron chi connectivity index (χ2n) is 9.93. The van der Waals surface area contributed by atoms with Crippen LogP contribution in [-0.4, -0.2) is 39.4 Å². The monoisotopic (exact) mass is 583 g/mol. The number of carbonyl (C=O) groups excluding carboxylic acids is 1. The predicted molar refractivity (Wildman–Crippen MR) is 148 cm³/mol. The molecule has 0 spiro atoms. The van der Waals surface area contributed by atoms with Crippen LogP contribution >= 0.6 is 0 Å². The molecule has 0 bridgehead atoms. The molecule has 2 aromatic carbocycles. The summed E-state index contributed by atoms with van der Waals surface area (Å²) in [6.07, 6.45) is -4.86. The summed E-state index contributed by atoms with van der Waals surface area (Å²) in [6.45, 7) is 8.69. The zero-order valence-electron chi connectivity index (χ0n) is 24.0. The second kappa shape index (κ2) is 13.0. The highest BCUT2D eigenvalue weighted by Gasteiger charge is 2.33. The van der Waals surface area contributed by atoms with Crippen molar-refractivity contribution in [1.82, 2.24) is 25.3 Å². The molecule has 0 aliphatic rings. The van der Waals surface area contributed by atoms with Crippen LogP contribution in [0.2, 0.25) is 0 Å². The molecule has 2 heterocycles. The molecule has 0 fully saturated rings. The number of para-hydroxylation sites is 2. The highest BCUT2D eigenvalue weighted by atomic mass is 19.4. The van der Waals surface area contributed by atoms with Crippen LogP contribution in [0.4, 0.5) is 13.2 Å². The average molecular weight is 584 g/mol. The molecule has 1 N–H and O–H groups in total. The minimum atomic E-state index is -4.86. The van der Waals surface area contributed by atoms with Crippen LogP contribution in [-0.2, 0) is 24.4 Å². The number of halogens is 3. The van der Waals surface area contributed by atoms with Gasteiger partial charge in [-0.1, -0.05) is 49.4 Å². The minimum absolute atomic E-state index is 0.0220. The van der Waals surface area contributed by atoms with Gasteiger partial charge in [0.25, 0.3) is 0 Å². The summed E-state index contributed by atoms with van der Waals surface area (Å²) in [7, 11) is 1.36. The Morgan fingerprint density at radius 3 is 2.48 bits per heavy atom. The third-order valence-electron chi connectivity index (χ3n) is 6.53. The molecule has 9 nitrogen and oxygen atoms in total. The highest BCUT2D eigenvalue weighted by molar-refractivity contribution is 5.90. The standard InChI is InChI=1S/C30H32F3N5O4/c1-18(2)28-25(38(37-36-28)24-8-6-7-9-26(24)42-30(31,32)33)17-41-27-13-11-22(20(4)35-27)16-34-15-21-10-12-23(19(3)14-21)29(39)40-5/h6-14,18,34H,15-17H2,1-5H3. The van der Waals surface area contributed by atoms with Crippen LogP contribution in [0.15, 0.2) is 54.6 Å². The number of methoxy groups -OCH3 is 1. The lowest BCUT2D eigenvalue weighted by atomic mass is 10.1. The van der Waals surface area contributed by atoms with Crippen LogP contribution < -0.4 is 14.8 Å². The molecule has 4 aromatic rings. The third-order valence-corrected chi connectivity index (χ3v) is 6.53. The number of esters is 1. The molecule has 0 radical (unpaired) electrons. The zero-order chi connectivity index (χ0) is 30.4. The Kier molecular flexibility index (Phi) is 9.46. The van der Waals surface area contributed by atoms with Gasteiger partial charge < -0.3 is 19.5 Å². The van der Waals surface area contributed by atoms with Gasteiger partial charge in [0.15, 0.2) is 5.75 Å². The summed E-state index contributed by atoms with van der Waals surface area (Å²) < 4.78 is 55.4. The van der Waals surface area contributed by atoms with E-state index in [-0.39, 0.29) is 24.2 Å². The topological polar surface area (TPSA) is 100 Å². The molecular formula is C30H32F3N5O4. The number of alkyl halides is 3.